The second-order valence-corrected chi connectivity index (χ2v) is 16.9. The largest absolute Gasteiger partial charge is 0.508 e. The van der Waals surface area contributed by atoms with Crippen molar-refractivity contribution in [3.8, 4) is 23.0 Å². The Morgan fingerprint density at radius 2 is 0.952 bits per heavy atom. The van der Waals surface area contributed by atoms with Gasteiger partial charge in [0, 0.05) is 0 Å². The third-order valence-corrected chi connectivity index (χ3v) is 10.2. The molecule has 0 fully saturated rings. The maximum atomic E-state index is 12.5. The molecule has 7 aromatic carbocycles. The van der Waals surface area contributed by atoms with Gasteiger partial charge in [-0.05, 0) is 135 Å². The lowest BCUT2D eigenvalue weighted by molar-refractivity contribution is 0.415. The molecule has 0 amide bonds. The lowest BCUT2D eigenvalue weighted by Gasteiger charge is -2.13. The smallest absolute Gasteiger partial charge is 0.137 e. The molecule has 62 heavy (non-hydrogen) atoms. The molecule has 0 bridgehead atoms. The van der Waals surface area contributed by atoms with Gasteiger partial charge in [0.2, 0.25) is 0 Å². The number of halogens is 3. The molecule has 0 spiro atoms. The zero-order valence-corrected chi connectivity index (χ0v) is 39.1. The first-order chi connectivity index (χ1) is 29.5. The summed E-state index contributed by atoms with van der Waals surface area (Å²) in [5.41, 5.74) is 6.05. The molecular formula is C56H65ClF2O3. The minimum Gasteiger partial charge on any atom is -0.508 e. The highest BCUT2D eigenvalue weighted by molar-refractivity contribution is 6.32. The fourth-order valence-electron chi connectivity index (χ4n) is 6.03. The highest BCUT2D eigenvalue weighted by Gasteiger charge is 2.08. The van der Waals surface area contributed by atoms with Crippen LogP contribution in [0.3, 0.4) is 0 Å². The number of phenolic OH excluding ortho intramolecular Hbond substituents is 1. The molecule has 6 heteroatoms. The lowest BCUT2D eigenvalue weighted by Crippen LogP contribution is -1.93. The van der Waals surface area contributed by atoms with Gasteiger partial charge in [-0.15, -0.1) is 0 Å². The van der Waals surface area contributed by atoms with Crippen LogP contribution in [0.5, 0.6) is 23.0 Å². The Bertz CT molecular complexity index is 2350. The maximum absolute atomic E-state index is 12.5. The van der Waals surface area contributed by atoms with E-state index in [1.165, 1.54) is 45.8 Å². The first kappa shape index (κ1) is 50.7. The van der Waals surface area contributed by atoms with E-state index in [1.807, 2.05) is 91.0 Å². The van der Waals surface area contributed by atoms with E-state index in [4.69, 9.17) is 21.1 Å². The Morgan fingerprint density at radius 1 is 0.435 bits per heavy atom. The van der Waals surface area contributed by atoms with Gasteiger partial charge in [0.15, 0.2) is 0 Å². The summed E-state index contributed by atoms with van der Waals surface area (Å²) < 4.78 is 35.8. The number of benzene rings is 7. The second kappa shape index (κ2) is 26.0. The van der Waals surface area contributed by atoms with E-state index in [-0.39, 0.29) is 11.6 Å². The fourth-order valence-corrected chi connectivity index (χ4v) is 6.30. The summed E-state index contributed by atoms with van der Waals surface area (Å²) in [4.78, 5) is 0. The number of phenols is 1. The first-order valence-electron chi connectivity index (χ1n) is 21.4. The first-order valence-corrected chi connectivity index (χ1v) is 21.8. The van der Waals surface area contributed by atoms with Gasteiger partial charge in [-0.25, -0.2) is 8.78 Å². The van der Waals surface area contributed by atoms with Gasteiger partial charge in [0.1, 0.15) is 34.6 Å². The molecule has 7 aromatic rings. The molecule has 0 aliphatic rings. The van der Waals surface area contributed by atoms with Crippen molar-refractivity contribution in [1.29, 1.82) is 0 Å². The number of aromatic hydroxyl groups is 1. The Balaban J connectivity index is 0.000000209. The van der Waals surface area contributed by atoms with Crippen molar-refractivity contribution >= 4 is 22.4 Å². The van der Waals surface area contributed by atoms with Crippen molar-refractivity contribution in [2.24, 2.45) is 0 Å². The number of ether oxygens (including phenoxy) is 2. The topological polar surface area (TPSA) is 38.7 Å². The van der Waals surface area contributed by atoms with Gasteiger partial charge in [-0.3, -0.25) is 0 Å². The molecule has 0 radical (unpaired) electrons. The zero-order chi connectivity index (χ0) is 45.8. The standard InChI is InChI=1S/C15H16O.C13H14O.C10H13ClO.2C9H11F/c1-12(2)14-10-6-7-11-15(14)16-13-8-4-3-5-9-13;1-9(2)10-3-4-12-8-13(14)6-5-11(12)7-10;1-7(2)8-4-5-10(12-3)9(11)6-8;1-7(2)8-3-5-9(10)6-4-8;1-7(2)8-4-3-5-9(10)6-8/h3-12H,1-2H3;3-9,14H,1-2H3;4-7H,1-3H3;2*3-7H,1-2H3. The predicted octanol–water partition coefficient (Wildman–Crippen LogP) is 17.6. The molecular weight excluding hydrogens is 794 g/mol. The van der Waals surface area contributed by atoms with Crippen molar-refractivity contribution in [2.45, 2.75) is 98.8 Å². The summed E-state index contributed by atoms with van der Waals surface area (Å²) in [6.07, 6.45) is 0. The normalized spacial score (nSPS) is 10.6. The third-order valence-electron chi connectivity index (χ3n) is 9.92. The number of hydrogen-bond donors (Lipinski definition) is 1. The molecule has 0 heterocycles. The molecule has 0 aliphatic heterocycles. The van der Waals surface area contributed by atoms with E-state index < -0.39 is 0 Å². The molecule has 0 atom stereocenters. The third kappa shape index (κ3) is 17.4. The van der Waals surface area contributed by atoms with Crippen LogP contribution in [0.1, 0.15) is 127 Å². The Hall–Kier alpha value is -5.65. The molecule has 0 saturated heterocycles. The van der Waals surface area contributed by atoms with Crippen LogP contribution in [-0.2, 0) is 0 Å². The number of rotatable bonds is 8. The number of hydrogen-bond acceptors (Lipinski definition) is 3. The van der Waals surface area contributed by atoms with Crippen LogP contribution < -0.4 is 9.47 Å². The van der Waals surface area contributed by atoms with Crippen molar-refractivity contribution in [2.75, 3.05) is 7.11 Å². The van der Waals surface area contributed by atoms with Gasteiger partial charge >= 0.3 is 0 Å². The molecule has 0 aliphatic carbocycles. The molecule has 0 saturated carbocycles. The summed E-state index contributed by atoms with van der Waals surface area (Å²) in [7, 11) is 1.62. The van der Waals surface area contributed by atoms with Gasteiger partial charge in [0.05, 0.1) is 12.1 Å². The quantitative estimate of drug-likeness (QED) is 0.165. The predicted molar refractivity (Wildman–Crippen MR) is 260 cm³/mol. The number of methoxy groups -OCH3 is 1. The number of fused-ring (bicyclic) bond motifs is 1. The van der Waals surface area contributed by atoms with Crippen LogP contribution in [0, 0.1) is 11.6 Å². The highest BCUT2D eigenvalue weighted by atomic mass is 35.5. The molecule has 3 nitrogen and oxygen atoms in total. The van der Waals surface area contributed by atoms with Crippen LogP contribution >= 0.6 is 11.6 Å². The van der Waals surface area contributed by atoms with Gasteiger partial charge in [-0.1, -0.05) is 172 Å². The van der Waals surface area contributed by atoms with Gasteiger partial charge in [-0.2, -0.15) is 0 Å². The maximum Gasteiger partial charge on any atom is 0.137 e. The van der Waals surface area contributed by atoms with Crippen LogP contribution in [0.15, 0.2) is 158 Å². The Kier molecular flexibility index (Phi) is 21.2. The monoisotopic (exact) mass is 858 g/mol. The van der Waals surface area contributed by atoms with E-state index in [1.54, 1.807) is 31.4 Å². The molecule has 328 valence electrons. The summed E-state index contributed by atoms with van der Waals surface area (Å²) in [5, 5.41) is 12.3. The summed E-state index contributed by atoms with van der Waals surface area (Å²) in [6.45, 7) is 21.3. The summed E-state index contributed by atoms with van der Waals surface area (Å²) in [6, 6.07) is 49.1. The van der Waals surface area contributed by atoms with E-state index >= 15 is 0 Å². The van der Waals surface area contributed by atoms with Gasteiger partial charge in [0.25, 0.3) is 0 Å². The Labute approximate surface area is 375 Å². The molecule has 0 unspecified atom stereocenters. The van der Waals surface area contributed by atoms with Crippen molar-refractivity contribution in [3.63, 3.8) is 0 Å². The highest BCUT2D eigenvalue weighted by Crippen LogP contribution is 2.31. The minimum atomic E-state index is -0.163. The van der Waals surface area contributed by atoms with Crippen molar-refractivity contribution < 1.29 is 23.4 Å². The summed E-state index contributed by atoms with van der Waals surface area (Å²) >= 11 is 5.95. The van der Waals surface area contributed by atoms with E-state index in [2.05, 4.69) is 93.5 Å². The average molecular weight is 860 g/mol. The van der Waals surface area contributed by atoms with E-state index in [0.717, 1.165) is 28.2 Å². The molecule has 7 rings (SSSR count). The van der Waals surface area contributed by atoms with Crippen molar-refractivity contribution in [3.05, 3.63) is 202 Å². The summed E-state index contributed by atoms with van der Waals surface area (Å²) in [5.74, 6) is 5.02. The molecule has 1 N–H and O–H groups in total. The van der Waals surface area contributed by atoms with Gasteiger partial charge < -0.3 is 14.6 Å². The van der Waals surface area contributed by atoms with Crippen LogP contribution in [0.2, 0.25) is 5.02 Å². The molecule has 0 aromatic heterocycles. The van der Waals surface area contributed by atoms with Crippen LogP contribution in [0.25, 0.3) is 10.8 Å². The average Bonchev–Trinajstić information content (AvgIpc) is 3.25. The van der Waals surface area contributed by atoms with Crippen LogP contribution in [0.4, 0.5) is 8.78 Å². The minimum absolute atomic E-state index is 0.147. The fraction of sp³-hybridized carbons (Fsp3) is 0.286. The second-order valence-electron chi connectivity index (χ2n) is 16.5. The van der Waals surface area contributed by atoms with E-state index in [9.17, 15) is 13.9 Å². The SMILES string of the molecule is CC(C)c1ccc(F)cc1.CC(C)c1ccc2cc(O)ccc2c1.CC(C)c1cccc(F)c1.CC(C)c1ccccc1Oc1ccccc1.COc1ccc(C(C)C)cc1Cl. The lowest BCUT2D eigenvalue weighted by atomic mass is 9.99. The van der Waals surface area contributed by atoms with E-state index in [0.29, 0.717) is 40.4 Å². The van der Waals surface area contributed by atoms with Crippen LogP contribution in [-0.4, -0.2) is 12.2 Å². The zero-order valence-electron chi connectivity index (χ0n) is 38.3. The van der Waals surface area contributed by atoms with Crippen molar-refractivity contribution in [1.82, 2.24) is 0 Å². The number of para-hydroxylation sites is 2. The Morgan fingerprint density at radius 3 is 1.50 bits per heavy atom.